The van der Waals surface area contributed by atoms with Crippen LogP contribution >= 0.6 is 11.8 Å². The van der Waals surface area contributed by atoms with Crippen LogP contribution in [0, 0.1) is 17.8 Å². The van der Waals surface area contributed by atoms with Crippen LogP contribution in [0.5, 0.6) is 0 Å². The van der Waals surface area contributed by atoms with Gasteiger partial charge in [-0.3, -0.25) is 14.4 Å². The second-order valence-corrected chi connectivity index (χ2v) is 13.9. The lowest BCUT2D eigenvalue weighted by Crippen LogP contribution is -2.59. The molecule has 1 N–H and O–H groups in total. The first-order valence-corrected chi connectivity index (χ1v) is 15.1. The van der Waals surface area contributed by atoms with E-state index in [0.29, 0.717) is 19.6 Å². The van der Waals surface area contributed by atoms with Gasteiger partial charge in [0.25, 0.3) is 0 Å². The molecule has 2 saturated heterocycles. The SMILES string of the molecule is CCCN1CC=C[C@@]2(C)S[C@]34C=CCN(C5CCCCC5)C(=O)C3N([C@@H](CO)C(C)C)C(=O)[C@@H]4[C@H]2C1=O. The third-order valence-corrected chi connectivity index (χ3v) is 11.2. The van der Waals surface area contributed by atoms with E-state index in [1.807, 2.05) is 23.6 Å². The number of likely N-dealkylation sites (tertiary alicyclic amines) is 1. The van der Waals surface area contributed by atoms with Crippen LogP contribution in [-0.4, -0.2) is 91.4 Å². The maximum atomic E-state index is 14.6. The monoisotopic (exact) mass is 529 g/mol. The summed E-state index contributed by atoms with van der Waals surface area (Å²) in [6.45, 7) is 9.65. The van der Waals surface area contributed by atoms with Gasteiger partial charge in [0.1, 0.15) is 6.04 Å². The number of thioether (sulfide) groups is 1. The van der Waals surface area contributed by atoms with Gasteiger partial charge >= 0.3 is 0 Å². The number of carbonyl (C=O) groups is 3. The lowest BCUT2D eigenvalue weighted by Gasteiger charge is -2.42. The first-order chi connectivity index (χ1) is 17.7. The van der Waals surface area contributed by atoms with Crippen LogP contribution in [0.3, 0.4) is 0 Å². The van der Waals surface area contributed by atoms with Crippen LogP contribution < -0.4 is 0 Å². The molecule has 4 aliphatic heterocycles. The van der Waals surface area contributed by atoms with E-state index in [4.69, 9.17) is 0 Å². The summed E-state index contributed by atoms with van der Waals surface area (Å²) in [6, 6.07) is -1.02. The molecule has 1 saturated carbocycles. The fourth-order valence-corrected chi connectivity index (χ4v) is 9.84. The van der Waals surface area contributed by atoms with E-state index < -0.39 is 33.4 Å². The topological polar surface area (TPSA) is 81.2 Å². The average Bonchev–Trinajstić information content (AvgIpc) is 3.14. The Balaban J connectivity index is 1.64. The summed E-state index contributed by atoms with van der Waals surface area (Å²) in [6.07, 6.45) is 14.6. The van der Waals surface area contributed by atoms with Crippen molar-refractivity contribution in [3.63, 3.8) is 0 Å². The molecule has 7 nitrogen and oxygen atoms in total. The normalized spacial score (nSPS) is 37.1. The molecule has 0 radical (unpaired) electrons. The fourth-order valence-electron chi connectivity index (χ4n) is 7.70. The minimum atomic E-state index is -0.839. The van der Waals surface area contributed by atoms with Crippen molar-refractivity contribution in [2.24, 2.45) is 17.8 Å². The molecule has 0 aromatic heterocycles. The van der Waals surface area contributed by atoms with E-state index in [9.17, 15) is 19.5 Å². The summed E-state index contributed by atoms with van der Waals surface area (Å²) in [4.78, 5) is 48.8. The summed E-state index contributed by atoms with van der Waals surface area (Å²) in [7, 11) is 0. The highest BCUT2D eigenvalue weighted by atomic mass is 32.2. The number of amides is 3. The lowest BCUT2D eigenvalue weighted by molar-refractivity contribution is -0.149. The highest BCUT2D eigenvalue weighted by molar-refractivity contribution is 8.02. The van der Waals surface area contributed by atoms with Crippen molar-refractivity contribution >= 4 is 29.5 Å². The number of aliphatic hydroxyl groups excluding tert-OH is 1. The number of hydrogen-bond acceptors (Lipinski definition) is 5. The van der Waals surface area contributed by atoms with Gasteiger partial charge < -0.3 is 19.8 Å². The zero-order valence-electron chi connectivity index (χ0n) is 22.8. The zero-order chi connectivity index (χ0) is 26.5. The Hall–Kier alpha value is -1.80. The largest absolute Gasteiger partial charge is 0.394 e. The van der Waals surface area contributed by atoms with Crippen molar-refractivity contribution in [3.8, 4) is 0 Å². The molecule has 1 aliphatic carbocycles. The molecular weight excluding hydrogens is 486 g/mol. The van der Waals surface area contributed by atoms with Crippen molar-refractivity contribution in [3.05, 3.63) is 24.3 Å². The molecule has 0 aromatic rings. The standard InChI is InChI=1S/C29H43N3O4S/c1-5-15-30-16-9-13-28(4)22(25(30)34)23-26(35)32(21(18-33)19(2)3)24-27(36)31(20-11-7-6-8-12-20)17-10-14-29(23,24)37-28/h9-10,13-14,19-24,33H,5-8,11-12,15-18H2,1-4H3/t21-,22-,23-,24?,28+,29-/m0/s1. The maximum Gasteiger partial charge on any atom is 0.247 e. The van der Waals surface area contributed by atoms with Crippen LogP contribution in [0.2, 0.25) is 0 Å². The molecule has 37 heavy (non-hydrogen) atoms. The van der Waals surface area contributed by atoms with E-state index >= 15 is 0 Å². The number of aliphatic hydroxyl groups is 1. The molecule has 0 aromatic carbocycles. The Morgan fingerprint density at radius 3 is 2.35 bits per heavy atom. The van der Waals surface area contributed by atoms with Crippen molar-refractivity contribution in [2.75, 3.05) is 26.2 Å². The summed E-state index contributed by atoms with van der Waals surface area (Å²) < 4.78 is -1.42. The first kappa shape index (κ1) is 26.8. The molecule has 6 atom stereocenters. The summed E-state index contributed by atoms with van der Waals surface area (Å²) in [5.74, 6) is -1.36. The number of nitrogens with zero attached hydrogens (tertiary/aromatic N) is 3. The molecule has 204 valence electrons. The van der Waals surface area contributed by atoms with Crippen molar-refractivity contribution in [1.29, 1.82) is 0 Å². The highest BCUT2D eigenvalue weighted by Gasteiger charge is 2.74. The lowest BCUT2D eigenvalue weighted by atomic mass is 9.74. The van der Waals surface area contributed by atoms with Gasteiger partial charge in [0.15, 0.2) is 0 Å². The van der Waals surface area contributed by atoms with Gasteiger partial charge in [-0.2, -0.15) is 0 Å². The van der Waals surface area contributed by atoms with E-state index in [-0.39, 0.29) is 36.3 Å². The molecule has 4 heterocycles. The van der Waals surface area contributed by atoms with Gasteiger partial charge in [0.2, 0.25) is 17.7 Å². The first-order valence-electron chi connectivity index (χ1n) is 14.3. The number of rotatable bonds is 6. The molecule has 1 unspecified atom stereocenters. The average molecular weight is 530 g/mol. The summed E-state index contributed by atoms with van der Waals surface area (Å²) in [5.41, 5.74) is 0. The number of fused-ring (bicyclic) bond motifs is 2. The predicted octanol–water partition coefficient (Wildman–Crippen LogP) is 3.23. The third kappa shape index (κ3) is 4.08. The number of hydrogen-bond donors (Lipinski definition) is 1. The third-order valence-electron chi connectivity index (χ3n) is 9.43. The second kappa shape index (κ2) is 10.1. The van der Waals surface area contributed by atoms with E-state index in [0.717, 1.165) is 32.1 Å². The molecule has 1 spiro atoms. The summed E-state index contributed by atoms with van der Waals surface area (Å²) in [5, 5.41) is 10.5. The van der Waals surface area contributed by atoms with Crippen LogP contribution in [-0.2, 0) is 14.4 Å². The minimum Gasteiger partial charge on any atom is -0.394 e. The van der Waals surface area contributed by atoms with E-state index in [1.54, 1.807) is 16.7 Å². The van der Waals surface area contributed by atoms with Crippen LogP contribution in [0.1, 0.15) is 66.2 Å². The summed E-state index contributed by atoms with van der Waals surface area (Å²) >= 11 is 1.64. The molecule has 3 amide bonds. The molecule has 8 heteroatoms. The molecular formula is C29H43N3O4S. The Morgan fingerprint density at radius 1 is 1.00 bits per heavy atom. The van der Waals surface area contributed by atoms with Crippen LogP contribution in [0.25, 0.3) is 0 Å². The Kier molecular flexibility index (Phi) is 7.29. The fraction of sp³-hybridized carbons (Fsp3) is 0.759. The predicted molar refractivity (Wildman–Crippen MR) is 146 cm³/mol. The maximum absolute atomic E-state index is 14.6. The van der Waals surface area contributed by atoms with Crippen molar-refractivity contribution in [2.45, 2.75) is 93.8 Å². The number of carbonyl (C=O) groups excluding carboxylic acids is 3. The zero-order valence-corrected chi connectivity index (χ0v) is 23.6. The van der Waals surface area contributed by atoms with Crippen LogP contribution in [0.4, 0.5) is 0 Å². The second-order valence-electron chi connectivity index (χ2n) is 12.1. The Bertz CT molecular complexity index is 992. The van der Waals surface area contributed by atoms with Gasteiger partial charge in [-0.05, 0) is 32.1 Å². The molecule has 5 aliphatic rings. The van der Waals surface area contributed by atoms with Gasteiger partial charge in [0, 0.05) is 30.4 Å². The van der Waals surface area contributed by atoms with Gasteiger partial charge in [0.05, 0.1) is 29.2 Å². The molecule has 0 bridgehead atoms. The van der Waals surface area contributed by atoms with Gasteiger partial charge in [-0.15, -0.1) is 11.8 Å². The van der Waals surface area contributed by atoms with Gasteiger partial charge in [-0.25, -0.2) is 0 Å². The molecule has 5 rings (SSSR count). The van der Waals surface area contributed by atoms with E-state index in [1.165, 1.54) is 6.42 Å². The minimum absolute atomic E-state index is 0.0111. The van der Waals surface area contributed by atoms with Crippen molar-refractivity contribution in [1.82, 2.24) is 14.7 Å². The smallest absolute Gasteiger partial charge is 0.247 e. The Morgan fingerprint density at radius 2 is 1.70 bits per heavy atom. The van der Waals surface area contributed by atoms with Gasteiger partial charge in [-0.1, -0.05) is 64.3 Å². The Labute approximate surface area is 225 Å². The highest BCUT2D eigenvalue weighted by Crippen LogP contribution is 2.66. The van der Waals surface area contributed by atoms with Crippen molar-refractivity contribution < 1.29 is 19.5 Å². The molecule has 3 fully saturated rings. The van der Waals surface area contributed by atoms with Crippen LogP contribution in [0.15, 0.2) is 24.3 Å². The van der Waals surface area contributed by atoms with E-state index in [2.05, 4.69) is 38.2 Å². The quantitative estimate of drug-likeness (QED) is 0.535.